The third kappa shape index (κ3) is 75.4. The second-order valence-corrected chi connectivity index (χ2v) is 29.5. The van der Waals surface area contributed by atoms with Crippen LogP contribution in [0.5, 0.6) is 0 Å². The molecule has 0 bridgehead atoms. The molecule has 5 unspecified atom stereocenters. The van der Waals surface area contributed by atoms with Gasteiger partial charge in [-0.05, 0) is 135 Å². The van der Waals surface area contributed by atoms with Gasteiger partial charge in [-0.2, -0.15) is 0 Å². The minimum atomic E-state index is -4.99. The van der Waals surface area contributed by atoms with E-state index in [-0.39, 0.29) is 25.7 Å². The van der Waals surface area contributed by atoms with E-state index in [1.807, 2.05) is 0 Å². The Bertz CT molecular complexity index is 2490. The first-order valence-corrected chi connectivity index (χ1v) is 43.4. The molecule has 17 nitrogen and oxygen atoms in total. The third-order valence-electron chi connectivity index (χ3n) is 16.6. The molecule has 0 aliphatic carbocycles. The SMILES string of the molecule is CC/C=C\C/C=C\C/C=C\C/C=C\CCCCCCC(=O)OCC(COP(=O)(O)OCC(O)COP(=O)(O)OCC(COC(=O)CCCCCC/C=C\C/C=C\C/C=C\C/C=C\CC)OC(=O)CCCCCCCCCCCCCCCCC)OC(=O)CCCCCCC/C=C\C/C=C\C/C=C\CC. The highest BCUT2D eigenvalue weighted by molar-refractivity contribution is 7.47. The molecule has 0 amide bonds. The molecule has 5 atom stereocenters. The summed E-state index contributed by atoms with van der Waals surface area (Å²) in [6.45, 7) is 4.49. The molecule has 104 heavy (non-hydrogen) atoms. The summed E-state index contributed by atoms with van der Waals surface area (Å²) in [6.07, 6.45) is 85.6. The first-order valence-electron chi connectivity index (χ1n) is 40.4. The van der Waals surface area contributed by atoms with Crippen LogP contribution in [0, 0.1) is 0 Å². The lowest BCUT2D eigenvalue weighted by atomic mass is 10.0. The molecule has 3 N–H and O–H groups in total. The maximum absolute atomic E-state index is 13.1. The van der Waals surface area contributed by atoms with Crippen molar-refractivity contribution in [3.63, 3.8) is 0 Å². The van der Waals surface area contributed by atoms with Crippen LogP contribution in [0.15, 0.2) is 134 Å². The van der Waals surface area contributed by atoms with Crippen LogP contribution in [-0.2, 0) is 65.4 Å². The second kappa shape index (κ2) is 76.4. The zero-order valence-corrected chi connectivity index (χ0v) is 66.9. The van der Waals surface area contributed by atoms with Crippen molar-refractivity contribution in [1.82, 2.24) is 0 Å². The van der Waals surface area contributed by atoms with Crippen LogP contribution in [-0.4, -0.2) is 96.7 Å². The zero-order chi connectivity index (χ0) is 76.0. The Morgan fingerprint density at radius 3 is 0.769 bits per heavy atom. The van der Waals surface area contributed by atoms with Crippen LogP contribution in [0.2, 0.25) is 0 Å². The molecule has 0 aromatic heterocycles. The van der Waals surface area contributed by atoms with Gasteiger partial charge in [0.25, 0.3) is 0 Å². The van der Waals surface area contributed by atoms with Crippen molar-refractivity contribution >= 4 is 39.5 Å². The molecule has 0 aliphatic rings. The summed E-state index contributed by atoms with van der Waals surface area (Å²) in [5.74, 6) is -2.24. The van der Waals surface area contributed by atoms with Crippen LogP contribution >= 0.6 is 15.6 Å². The summed E-state index contributed by atoms with van der Waals surface area (Å²) in [5, 5.41) is 10.6. The van der Waals surface area contributed by atoms with Gasteiger partial charge in [0, 0.05) is 25.7 Å². The van der Waals surface area contributed by atoms with Crippen LogP contribution in [0.1, 0.15) is 323 Å². The van der Waals surface area contributed by atoms with Crippen molar-refractivity contribution in [1.29, 1.82) is 0 Å². The number of ether oxygens (including phenoxy) is 4. The molecular formula is C85H144O17P2. The average Bonchev–Trinajstić information content (AvgIpc) is 0.937. The van der Waals surface area contributed by atoms with Gasteiger partial charge < -0.3 is 33.8 Å². The van der Waals surface area contributed by atoms with Gasteiger partial charge in [-0.15, -0.1) is 0 Å². The fourth-order valence-corrected chi connectivity index (χ4v) is 12.1. The monoisotopic (exact) mass is 1500 g/mol. The van der Waals surface area contributed by atoms with E-state index in [4.69, 9.17) is 37.0 Å². The average molecular weight is 1500 g/mol. The maximum atomic E-state index is 13.1. The highest BCUT2D eigenvalue weighted by Crippen LogP contribution is 2.45. The van der Waals surface area contributed by atoms with Crippen molar-refractivity contribution in [2.75, 3.05) is 39.6 Å². The van der Waals surface area contributed by atoms with Gasteiger partial charge in [0.2, 0.25) is 0 Å². The molecule has 0 heterocycles. The van der Waals surface area contributed by atoms with Crippen molar-refractivity contribution in [2.45, 2.75) is 341 Å². The lowest BCUT2D eigenvalue weighted by molar-refractivity contribution is -0.161. The highest BCUT2D eigenvalue weighted by atomic mass is 31.2. The molecule has 0 fully saturated rings. The van der Waals surface area contributed by atoms with Crippen molar-refractivity contribution < 1.29 is 80.2 Å². The number of rotatable bonds is 75. The lowest BCUT2D eigenvalue weighted by Crippen LogP contribution is -2.30. The van der Waals surface area contributed by atoms with E-state index < -0.39 is 97.5 Å². The van der Waals surface area contributed by atoms with Gasteiger partial charge in [0.05, 0.1) is 26.4 Å². The number of hydrogen-bond acceptors (Lipinski definition) is 15. The number of phosphoric ester groups is 2. The topological polar surface area (TPSA) is 237 Å². The van der Waals surface area contributed by atoms with Crippen molar-refractivity contribution in [3.8, 4) is 0 Å². The maximum Gasteiger partial charge on any atom is 0.472 e. The summed E-state index contributed by atoms with van der Waals surface area (Å²) < 4.78 is 68.6. The number of carbonyl (C=O) groups excluding carboxylic acids is 4. The van der Waals surface area contributed by atoms with Crippen LogP contribution in [0.3, 0.4) is 0 Å². The van der Waals surface area contributed by atoms with E-state index in [1.54, 1.807) is 0 Å². The Kier molecular flexibility index (Phi) is 72.9. The van der Waals surface area contributed by atoms with E-state index in [9.17, 15) is 43.2 Å². The summed E-state index contributed by atoms with van der Waals surface area (Å²) in [7, 11) is -9.98. The minimum Gasteiger partial charge on any atom is -0.462 e. The number of hydrogen-bond donors (Lipinski definition) is 3. The summed E-state index contributed by atoms with van der Waals surface area (Å²) in [6, 6.07) is 0. The Balaban J connectivity index is 5.41. The summed E-state index contributed by atoms with van der Waals surface area (Å²) in [4.78, 5) is 73.1. The molecule has 0 aliphatic heterocycles. The second-order valence-electron chi connectivity index (χ2n) is 26.6. The molecule has 0 aromatic carbocycles. The van der Waals surface area contributed by atoms with Gasteiger partial charge in [-0.25, -0.2) is 9.13 Å². The van der Waals surface area contributed by atoms with Gasteiger partial charge in [0.1, 0.15) is 19.3 Å². The van der Waals surface area contributed by atoms with Gasteiger partial charge in [0.15, 0.2) is 12.2 Å². The molecule has 0 spiro atoms. The Morgan fingerprint density at radius 1 is 0.279 bits per heavy atom. The van der Waals surface area contributed by atoms with E-state index in [0.717, 1.165) is 180 Å². The van der Waals surface area contributed by atoms with Crippen LogP contribution in [0.4, 0.5) is 0 Å². The largest absolute Gasteiger partial charge is 0.472 e. The third-order valence-corrected chi connectivity index (χ3v) is 18.5. The first-order chi connectivity index (χ1) is 50.7. The fourth-order valence-electron chi connectivity index (χ4n) is 10.6. The number of phosphoric acid groups is 2. The molecule has 19 heteroatoms. The highest BCUT2D eigenvalue weighted by Gasteiger charge is 2.30. The van der Waals surface area contributed by atoms with E-state index in [2.05, 4.69) is 161 Å². The molecule has 0 saturated carbocycles. The quantitative estimate of drug-likeness (QED) is 0.0169. The standard InChI is InChI=1S/C85H144O17P2/c1-5-9-13-17-21-25-29-33-37-39-43-45-49-53-57-61-65-69-82(87)95-75-80(101-84(89)71-67-63-59-55-51-47-41-35-31-27-23-19-15-11-7-3)77-99-103(91,92)97-73-79(86)74-98-104(93,94)100-78-81(102-85(90)72-68-64-60-56-52-48-42-36-32-28-24-20-16-12-8-4)76-96-83(88)70-66-62-58-54-50-46-44-40-38-34-30-26-22-18-14-10-6-2/h9-11,13-15,21-23,25-27,33-35,37-38,41,43-46,79-81,86H,5-8,12,16-20,24,28-32,36,39-40,42,47-78H2,1-4H3,(H,91,92)(H,93,94)/b13-9-,14-10-,15-11-,25-21-,26-22-,27-23-,37-33-,38-34-,41-35-,45-43-,46-44-. The normalized spacial score (nSPS) is 14.6. The fraction of sp³-hybridized carbons (Fsp3) is 0.694. The molecule has 0 radical (unpaired) electrons. The smallest absolute Gasteiger partial charge is 0.462 e. The molecular weight excluding hydrogens is 1350 g/mol. The van der Waals surface area contributed by atoms with Gasteiger partial charge >= 0.3 is 39.5 Å². The summed E-state index contributed by atoms with van der Waals surface area (Å²) >= 11 is 0. The molecule has 0 rings (SSSR count). The number of esters is 4. The van der Waals surface area contributed by atoms with E-state index >= 15 is 0 Å². The Morgan fingerprint density at radius 2 is 0.500 bits per heavy atom. The van der Waals surface area contributed by atoms with E-state index in [0.29, 0.717) is 25.7 Å². The minimum absolute atomic E-state index is 0.0666. The van der Waals surface area contributed by atoms with Crippen LogP contribution in [0.25, 0.3) is 0 Å². The lowest BCUT2D eigenvalue weighted by Gasteiger charge is -2.21. The summed E-state index contributed by atoms with van der Waals surface area (Å²) in [5.41, 5.74) is 0. The van der Waals surface area contributed by atoms with Crippen molar-refractivity contribution in [2.24, 2.45) is 0 Å². The predicted molar refractivity (Wildman–Crippen MR) is 427 cm³/mol. The van der Waals surface area contributed by atoms with Crippen LogP contribution < -0.4 is 0 Å². The van der Waals surface area contributed by atoms with Gasteiger partial charge in [-0.1, -0.05) is 296 Å². The number of unbranched alkanes of at least 4 members (excludes halogenated alkanes) is 27. The number of carbonyl (C=O) groups is 4. The van der Waals surface area contributed by atoms with Gasteiger partial charge in [-0.3, -0.25) is 37.3 Å². The number of aliphatic hydroxyl groups is 1. The molecule has 596 valence electrons. The Labute approximate surface area is 631 Å². The number of aliphatic hydroxyl groups excluding tert-OH is 1. The zero-order valence-electron chi connectivity index (χ0n) is 65.2. The molecule has 0 aromatic rings. The molecule has 0 saturated heterocycles. The van der Waals surface area contributed by atoms with Crippen molar-refractivity contribution in [3.05, 3.63) is 134 Å². The number of allylic oxidation sites excluding steroid dienone is 22. The predicted octanol–water partition coefficient (Wildman–Crippen LogP) is 23.7. The van der Waals surface area contributed by atoms with E-state index in [1.165, 1.54) is 64.2 Å². The first kappa shape index (κ1) is 99.2. The Hall–Kier alpha value is -4.80.